The Morgan fingerprint density at radius 1 is 1.20 bits per heavy atom. The van der Waals surface area contributed by atoms with Gasteiger partial charge in [0.25, 0.3) is 5.91 Å². The molecule has 3 aromatic rings. The van der Waals surface area contributed by atoms with E-state index >= 15 is 0 Å². The molecule has 0 bridgehead atoms. The quantitative estimate of drug-likeness (QED) is 0.687. The summed E-state index contributed by atoms with van der Waals surface area (Å²) in [6.45, 7) is 2.40. The molecule has 3 rings (SSSR count). The number of rotatable bonds is 5. The van der Waals surface area contributed by atoms with Crippen molar-refractivity contribution in [2.24, 2.45) is 0 Å². The maximum Gasteiger partial charge on any atom is 0.270 e. The monoisotopic (exact) mass is 397 g/mol. The first kappa shape index (κ1) is 17.0. The van der Waals surface area contributed by atoms with Crippen molar-refractivity contribution in [1.82, 2.24) is 20.3 Å². The van der Waals surface area contributed by atoms with Crippen LogP contribution in [0.1, 0.15) is 21.6 Å². The highest BCUT2D eigenvalue weighted by atomic mass is 79.9. The fourth-order valence-corrected chi connectivity index (χ4v) is 2.44. The molecule has 0 saturated heterocycles. The highest BCUT2D eigenvalue weighted by molar-refractivity contribution is 9.10. The predicted molar refractivity (Wildman–Crippen MR) is 99.6 cm³/mol. The molecule has 0 radical (unpaired) electrons. The molecule has 0 aliphatic carbocycles. The summed E-state index contributed by atoms with van der Waals surface area (Å²) in [4.78, 5) is 24.5. The summed E-state index contributed by atoms with van der Waals surface area (Å²) < 4.78 is 1.04. The van der Waals surface area contributed by atoms with E-state index in [2.05, 4.69) is 41.5 Å². The minimum absolute atomic E-state index is 0.263. The van der Waals surface area contributed by atoms with Crippen LogP contribution < -0.4 is 10.6 Å². The Kier molecular flexibility index (Phi) is 5.35. The first-order chi connectivity index (χ1) is 12.1. The Morgan fingerprint density at radius 2 is 2.08 bits per heavy atom. The Bertz CT molecular complexity index is 886. The molecule has 25 heavy (non-hydrogen) atoms. The number of amides is 1. The Hall–Kier alpha value is -2.80. The van der Waals surface area contributed by atoms with Crippen LogP contribution in [0, 0.1) is 6.92 Å². The van der Waals surface area contributed by atoms with E-state index < -0.39 is 0 Å². The van der Waals surface area contributed by atoms with Gasteiger partial charge in [0, 0.05) is 35.2 Å². The first-order valence-corrected chi connectivity index (χ1v) is 8.43. The number of nitrogens with one attached hydrogen (secondary N) is 2. The van der Waals surface area contributed by atoms with Gasteiger partial charge in [-0.25, -0.2) is 9.97 Å². The number of aromatic nitrogens is 3. The van der Waals surface area contributed by atoms with Gasteiger partial charge in [0.15, 0.2) is 0 Å². The van der Waals surface area contributed by atoms with Crippen LogP contribution in [0.25, 0.3) is 0 Å². The largest absolute Gasteiger partial charge is 0.347 e. The Labute approximate surface area is 153 Å². The minimum atomic E-state index is -0.263. The third-order valence-corrected chi connectivity index (χ3v) is 4.40. The SMILES string of the molecule is Cc1cc(Nc2cc(C(=O)NCc3cccnc3)ncn2)ccc1Br. The fourth-order valence-electron chi connectivity index (χ4n) is 2.20. The van der Waals surface area contributed by atoms with Crippen LogP contribution in [-0.4, -0.2) is 20.9 Å². The van der Waals surface area contributed by atoms with Gasteiger partial charge in [-0.15, -0.1) is 0 Å². The zero-order valence-electron chi connectivity index (χ0n) is 13.5. The molecule has 6 nitrogen and oxygen atoms in total. The van der Waals surface area contributed by atoms with Crippen molar-refractivity contribution in [3.63, 3.8) is 0 Å². The van der Waals surface area contributed by atoms with Crippen molar-refractivity contribution in [3.05, 3.63) is 76.4 Å². The van der Waals surface area contributed by atoms with Crippen molar-refractivity contribution in [2.45, 2.75) is 13.5 Å². The number of halogens is 1. The van der Waals surface area contributed by atoms with Gasteiger partial charge in [-0.2, -0.15) is 0 Å². The van der Waals surface area contributed by atoms with Gasteiger partial charge in [0.1, 0.15) is 17.8 Å². The molecule has 0 spiro atoms. The molecule has 0 aliphatic rings. The molecule has 7 heteroatoms. The highest BCUT2D eigenvalue weighted by Crippen LogP contribution is 2.22. The second-order valence-corrected chi connectivity index (χ2v) is 6.28. The number of hydrogen-bond donors (Lipinski definition) is 2. The molecule has 0 unspecified atom stereocenters. The van der Waals surface area contributed by atoms with E-state index in [4.69, 9.17) is 0 Å². The lowest BCUT2D eigenvalue weighted by Crippen LogP contribution is -2.24. The Morgan fingerprint density at radius 3 is 2.84 bits per heavy atom. The van der Waals surface area contributed by atoms with Crippen LogP contribution in [0.5, 0.6) is 0 Å². The van der Waals surface area contributed by atoms with Crippen LogP contribution in [0.15, 0.2) is 59.6 Å². The van der Waals surface area contributed by atoms with Crippen LogP contribution in [0.2, 0.25) is 0 Å². The number of aryl methyl sites for hydroxylation is 1. The van der Waals surface area contributed by atoms with Gasteiger partial charge in [0.05, 0.1) is 0 Å². The van der Waals surface area contributed by atoms with E-state index in [-0.39, 0.29) is 5.91 Å². The van der Waals surface area contributed by atoms with Crippen molar-refractivity contribution in [3.8, 4) is 0 Å². The third-order valence-electron chi connectivity index (χ3n) is 3.51. The molecule has 2 heterocycles. The number of anilines is 2. The minimum Gasteiger partial charge on any atom is -0.347 e. The summed E-state index contributed by atoms with van der Waals surface area (Å²) in [6.07, 6.45) is 4.77. The van der Waals surface area contributed by atoms with Crippen LogP contribution in [0.3, 0.4) is 0 Å². The average molecular weight is 398 g/mol. The number of hydrogen-bond acceptors (Lipinski definition) is 5. The van der Waals surface area contributed by atoms with Crippen molar-refractivity contribution in [1.29, 1.82) is 0 Å². The standard InChI is InChI=1S/C18H16BrN5O/c1-12-7-14(4-5-15(12)19)24-17-8-16(22-11-23-17)18(25)21-10-13-3-2-6-20-9-13/h2-9,11H,10H2,1H3,(H,21,25)(H,22,23,24). The van der Waals surface area contributed by atoms with Crippen molar-refractivity contribution in [2.75, 3.05) is 5.32 Å². The Balaban J connectivity index is 1.68. The predicted octanol–water partition coefficient (Wildman–Crippen LogP) is 3.62. The van der Waals surface area contributed by atoms with Crippen LogP contribution in [0.4, 0.5) is 11.5 Å². The number of carbonyl (C=O) groups is 1. The second-order valence-electron chi connectivity index (χ2n) is 5.42. The zero-order valence-corrected chi connectivity index (χ0v) is 15.1. The second kappa shape index (κ2) is 7.85. The molecule has 2 aromatic heterocycles. The van der Waals surface area contributed by atoms with E-state index in [0.29, 0.717) is 18.1 Å². The van der Waals surface area contributed by atoms with E-state index in [0.717, 1.165) is 21.3 Å². The van der Waals surface area contributed by atoms with Gasteiger partial charge >= 0.3 is 0 Å². The smallest absolute Gasteiger partial charge is 0.270 e. The first-order valence-electron chi connectivity index (χ1n) is 7.64. The van der Waals surface area contributed by atoms with E-state index in [1.165, 1.54) is 6.33 Å². The van der Waals surface area contributed by atoms with Crippen molar-refractivity contribution < 1.29 is 4.79 Å². The van der Waals surface area contributed by atoms with Crippen LogP contribution in [-0.2, 0) is 6.54 Å². The average Bonchev–Trinajstić information content (AvgIpc) is 2.64. The molecule has 1 aromatic carbocycles. The fraction of sp³-hybridized carbons (Fsp3) is 0.111. The zero-order chi connectivity index (χ0) is 17.6. The number of benzene rings is 1. The third kappa shape index (κ3) is 4.60. The van der Waals surface area contributed by atoms with E-state index in [1.54, 1.807) is 18.5 Å². The lowest BCUT2D eigenvalue weighted by Gasteiger charge is -2.09. The lowest BCUT2D eigenvalue weighted by atomic mass is 10.2. The van der Waals surface area contributed by atoms with Gasteiger partial charge in [-0.1, -0.05) is 22.0 Å². The molecule has 2 N–H and O–H groups in total. The molecule has 0 fully saturated rings. The molecule has 0 saturated carbocycles. The summed E-state index contributed by atoms with van der Waals surface area (Å²) in [7, 11) is 0. The summed E-state index contributed by atoms with van der Waals surface area (Å²) >= 11 is 3.47. The summed E-state index contributed by atoms with van der Waals surface area (Å²) in [5, 5.41) is 6.00. The number of carbonyl (C=O) groups excluding carboxylic acids is 1. The topological polar surface area (TPSA) is 79.8 Å². The van der Waals surface area contributed by atoms with E-state index in [9.17, 15) is 4.79 Å². The van der Waals surface area contributed by atoms with Crippen LogP contribution >= 0.6 is 15.9 Å². The van der Waals surface area contributed by atoms with Gasteiger partial charge in [0.2, 0.25) is 0 Å². The molecule has 126 valence electrons. The van der Waals surface area contributed by atoms with Gasteiger partial charge in [-0.05, 0) is 42.3 Å². The van der Waals surface area contributed by atoms with E-state index in [1.807, 2.05) is 37.3 Å². The highest BCUT2D eigenvalue weighted by Gasteiger charge is 2.09. The maximum absolute atomic E-state index is 12.3. The molecular formula is C18H16BrN5O. The maximum atomic E-state index is 12.3. The molecule has 0 atom stereocenters. The summed E-state index contributed by atoms with van der Waals surface area (Å²) in [5.74, 6) is 0.296. The lowest BCUT2D eigenvalue weighted by molar-refractivity contribution is 0.0946. The number of nitrogens with zero attached hydrogens (tertiary/aromatic N) is 3. The molecule has 0 aliphatic heterocycles. The van der Waals surface area contributed by atoms with Gasteiger partial charge < -0.3 is 10.6 Å². The molecule has 1 amide bonds. The molecular weight excluding hydrogens is 382 g/mol. The normalized spacial score (nSPS) is 10.3. The summed E-state index contributed by atoms with van der Waals surface area (Å²) in [6, 6.07) is 11.2. The number of pyridine rings is 1. The summed E-state index contributed by atoms with van der Waals surface area (Å²) in [5.41, 5.74) is 3.22. The van der Waals surface area contributed by atoms with Crippen molar-refractivity contribution >= 4 is 33.3 Å². The van der Waals surface area contributed by atoms with Gasteiger partial charge in [-0.3, -0.25) is 9.78 Å².